The first-order valence-electron chi connectivity index (χ1n) is 3.05. The van der Waals surface area contributed by atoms with Crippen molar-refractivity contribution in [2.75, 3.05) is 6.67 Å². The lowest BCUT2D eigenvalue weighted by atomic mass is 10.2. The van der Waals surface area contributed by atoms with Crippen LogP contribution in [-0.4, -0.2) is 17.4 Å². The Kier molecular flexibility index (Phi) is 2.86. The van der Waals surface area contributed by atoms with E-state index in [9.17, 15) is 13.6 Å². The highest BCUT2D eigenvalue weighted by Gasteiger charge is 2.12. The van der Waals surface area contributed by atoms with E-state index in [4.69, 9.17) is 0 Å². The summed E-state index contributed by atoms with van der Waals surface area (Å²) in [4.78, 5) is 14.1. The van der Waals surface area contributed by atoms with Crippen LogP contribution in [0.15, 0.2) is 16.7 Å². The fourth-order valence-corrected chi connectivity index (χ4v) is 0.986. The molecule has 0 unspecified atom stereocenters. The van der Waals surface area contributed by atoms with Crippen molar-refractivity contribution in [1.82, 2.24) is 4.98 Å². The van der Waals surface area contributed by atoms with Crippen LogP contribution in [0.2, 0.25) is 0 Å². The van der Waals surface area contributed by atoms with Gasteiger partial charge in [-0.05, 0) is 22.0 Å². The Hall–Kier alpha value is -0.840. The van der Waals surface area contributed by atoms with E-state index in [0.29, 0.717) is 4.47 Å². The summed E-state index contributed by atoms with van der Waals surface area (Å²) < 4.78 is 25.0. The highest BCUT2D eigenvalue weighted by molar-refractivity contribution is 9.10. The zero-order chi connectivity index (χ0) is 9.14. The number of hydrogen-bond acceptors (Lipinski definition) is 2. The molecule has 1 aromatic rings. The number of nitrogens with zero attached hydrogens (tertiary/aromatic N) is 1. The van der Waals surface area contributed by atoms with Gasteiger partial charge in [-0.25, -0.2) is 13.8 Å². The number of hydrogen-bond donors (Lipinski definition) is 0. The van der Waals surface area contributed by atoms with Crippen molar-refractivity contribution < 1.29 is 13.6 Å². The van der Waals surface area contributed by atoms with Gasteiger partial charge in [-0.2, -0.15) is 0 Å². The molecule has 64 valence electrons. The molecule has 0 N–H and O–H groups in total. The summed E-state index contributed by atoms with van der Waals surface area (Å²) in [6.07, 6.45) is 1.24. The molecule has 12 heavy (non-hydrogen) atoms. The van der Waals surface area contributed by atoms with Crippen molar-refractivity contribution in [2.45, 2.75) is 0 Å². The average molecular weight is 236 g/mol. The molecule has 1 rings (SSSR count). The molecule has 0 aromatic carbocycles. The van der Waals surface area contributed by atoms with Gasteiger partial charge in [-0.1, -0.05) is 0 Å². The smallest absolute Gasteiger partial charge is 0.215 e. The third kappa shape index (κ3) is 1.85. The number of rotatable bonds is 2. The number of pyridine rings is 1. The standard InChI is InChI=1S/C7H4BrF2NO/c8-4-1-5(10)7(11-3-4)6(12)2-9/h1,3H,2H2. The molecule has 0 saturated carbocycles. The second-order valence-corrected chi connectivity index (χ2v) is 2.96. The second-order valence-electron chi connectivity index (χ2n) is 2.04. The fraction of sp³-hybridized carbons (Fsp3) is 0.143. The normalized spacial score (nSPS) is 9.92. The number of alkyl halides is 1. The first kappa shape index (κ1) is 9.25. The Bertz CT molecular complexity index is 316. The van der Waals surface area contributed by atoms with Crippen molar-refractivity contribution in [3.05, 3.63) is 28.2 Å². The summed E-state index contributed by atoms with van der Waals surface area (Å²) in [6.45, 7) is -1.23. The fourth-order valence-electron chi connectivity index (χ4n) is 0.683. The second kappa shape index (κ2) is 3.71. The van der Waals surface area contributed by atoms with Gasteiger partial charge < -0.3 is 0 Å². The van der Waals surface area contributed by atoms with Gasteiger partial charge in [-0.15, -0.1) is 0 Å². The molecule has 0 amide bonds. The summed E-state index contributed by atoms with van der Waals surface area (Å²) in [7, 11) is 0. The van der Waals surface area contributed by atoms with Gasteiger partial charge in [0.15, 0.2) is 12.5 Å². The highest BCUT2D eigenvalue weighted by atomic mass is 79.9. The Morgan fingerprint density at radius 3 is 2.83 bits per heavy atom. The predicted molar refractivity (Wildman–Crippen MR) is 42.2 cm³/mol. The first-order chi connectivity index (χ1) is 5.65. The van der Waals surface area contributed by atoms with Crippen molar-refractivity contribution in [1.29, 1.82) is 0 Å². The van der Waals surface area contributed by atoms with Crippen LogP contribution >= 0.6 is 15.9 Å². The lowest BCUT2D eigenvalue weighted by Gasteiger charge is -1.97. The molecule has 0 aliphatic rings. The molecule has 0 aliphatic carbocycles. The van der Waals surface area contributed by atoms with Crippen LogP contribution < -0.4 is 0 Å². The topological polar surface area (TPSA) is 30.0 Å². The van der Waals surface area contributed by atoms with E-state index < -0.39 is 24.0 Å². The van der Waals surface area contributed by atoms with Crippen LogP contribution in [0.4, 0.5) is 8.78 Å². The van der Waals surface area contributed by atoms with Crippen LogP contribution in [0, 0.1) is 5.82 Å². The third-order valence-electron chi connectivity index (χ3n) is 1.19. The van der Waals surface area contributed by atoms with E-state index in [0.717, 1.165) is 6.07 Å². The maximum absolute atomic E-state index is 12.8. The minimum absolute atomic E-state index is 0.412. The van der Waals surface area contributed by atoms with E-state index in [1.54, 1.807) is 0 Å². The van der Waals surface area contributed by atoms with E-state index in [2.05, 4.69) is 20.9 Å². The molecule has 2 nitrogen and oxygen atoms in total. The summed E-state index contributed by atoms with van der Waals surface area (Å²) in [6, 6.07) is 1.07. The molecule has 0 saturated heterocycles. The highest BCUT2D eigenvalue weighted by Crippen LogP contribution is 2.12. The molecule has 0 radical (unpaired) electrons. The number of carbonyl (C=O) groups excluding carboxylic acids is 1. The molecule has 0 atom stereocenters. The van der Waals surface area contributed by atoms with Crippen LogP contribution in [0.1, 0.15) is 10.5 Å². The summed E-state index contributed by atoms with van der Waals surface area (Å²) >= 11 is 2.96. The molecular weight excluding hydrogens is 232 g/mol. The Morgan fingerprint density at radius 1 is 1.67 bits per heavy atom. The number of ketones is 1. The molecule has 0 spiro atoms. The van der Waals surface area contributed by atoms with Crippen LogP contribution in [0.25, 0.3) is 0 Å². The zero-order valence-corrected chi connectivity index (χ0v) is 7.44. The van der Waals surface area contributed by atoms with Gasteiger partial charge in [0.05, 0.1) is 0 Å². The van der Waals surface area contributed by atoms with Crippen LogP contribution in [-0.2, 0) is 0 Å². The molecule has 5 heteroatoms. The van der Waals surface area contributed by atoms with E-state index >= 15 is 0 Å². The van der Waals surface area contributed by atoms with Crippen LogP contribution in [0.3, 0.4) is 0 Å². The molecule has 0 fully saturated rings. The summed E-state index contributed by atoms with van der Waals surface area (Å²) in [5.41, 5.74) is -0.458. The van der Waals surface area contributed by atoms with Gasteiger partial charge >= 0.3 is 0 Å². The molecular formula is C7H4BrF2NO. The molecule has 1 aromatic heterocycles. The van der Waals surface area contributed by atoms with Crippen LogP contribution in [0.5, 0.6) is 0 Å². The van der Waals surface area contributed by atoms with Crippen molar-refractivity contribution >= 4 is 21.7 Å². The number of halogens is 3. The average Bonchev–Trinajstić information content (AvgIpc) is 2.03. The Labute approximate surface area is 75.7 Å². The minimum Gasteiger partial charge on any atom is -0.289 e. The van der Waals surface area contributed by atoms with Gasteiger partial charge in [-0.3, -0.25) is 4.79 Å². The number of aromatic nitrogens is 1. The molecule has 0 bridgehead atoms. The van der Waals surface area contributed by atoms with Crippen molar-refractivity contribution in [3.63, 3.8) is 0 Å². The Morgan fingerprint density at radius 2 is 2.33 bits per heavy atom. The molecule has 1 heterocycles. The van der Waals surface area contributed by atoms with Gasteiger partial charge in [0.1, 0.15) is 5.69 Å². The maximum Gasteiger partial charge on any atom is 0.215 e. The van der Waals surface area contributed by atoms with E-state index in [1.165, 1.54) is 6.20 Å². The molecule has 0 aliphatic heterocycles. The summed E-state index contributed by atoms with van der Waals surface area (Å²) in [5.74, 6) is -1.76. The van der Waals surface area contributed by atoms with Gasteiger partial charge in [0.2, 0.25) is 5.78 Å². The Balaban J connectivity index is 3.09. The third-order valence-corrected chi connectivity index (χ3v) is 1.63. The van der Waals surface area contributed by atoms with E-state index in [-0.39, 0.29) is 0 Å². The maximum atomic E-state index is 12.8. The van der Waals surface area contributed by atoms with Gasteiger partial charge in [0, 0.05) is 10.7 Å². The summed E-state index contributed by atoms with van der Waals surface area (Å²) in [5, 5.41) is 0. The quantitative estimate of drug-likeness (QED) is 0.736. The van der Waals surface area contributed by atoms with Crippen molar-refractivity contribution in [2.24, 2.45) is 0 Å². The predicted octanol–water partition coefficient (Wildman–Crippen LogP) is 2.14. The first-order valence-corrected chi connectivity index (χ1v) is 3.84. The number of carbonyl (C=O) groups is 1. The number of Topliss-reactive ketones (excluding diaryl/α,β-unsaturated/α-hetero) is 1. The van der Waals surface area contributed by atoms with Crippen molar-refractivity contribution in [3.8, 4) is 0 Å². The van der Waals surface area contributed by atoms with Gasteiger partial charge in [0.25, 0.3) is 0 Å². The lowest BCUT2D eigenvalue weighted by molar-refractivity contribution is 0.0949. The zero-order valence-electron chi connectivity index (χ0n) is 5.85. The van der Waals surface area contributed by atoms with E-state index in [1.807, 2.05) is 0 Å². The SMILES string of the molecule is O=C(CF)c1ncc(Br)cc1F. The largest absolute Gasteiger partial charge is 0.289 e. The minimum atomic E-state index is -1.23. The monoisotopic (exact) mass is 235 g/mol. The lowest BCUT2D eigenvalue weighted by Crippen LogP contribution is -2.06.